The molecule has 2 N–H and O–H groups in total. The van der Waals surface area contributed by atoms with Crippen molar-refractivity contribution in [2.24, 2.45) is 0 Å². The van der Waals surface area contributed by atoms with Gasteiger partial charge in [-0.3, -0.25) is 0 Å². The minimum atomic E-state index is 0.454. The molecule has 2 aromatic rings. The number of hydrogen-bond acceptors (Lipinski definition) is 6. The fourth-order valence-corrected chi connectivity index (χ4v) is 2.48. The van der Waals surface area contributed by atoms with Crippen molar-refractivity contribution in [3.8, 4) is 5.75 Å². The SMILES string of the molecule is COc1ccc(N2CCN(c3cnc(N)cn3)CC2)cc1. The Morgan fingerprint density at radius 2 is 1.62 bits per heavy atom. The number of rotatable bonds is 3. The summed E-state index contributed by atoms with van der Waals surface area (Å²) in [7, 11) is 1.68. The van der Waals surface area contributed by atoms with Gasteiger partial charge in [-0.2, -0.15) is 0 Å². The molecule has 3 rings (SSSR count). The molecule has 1 saturated heterocycles. The average molecular weight is 285 g/mol. The van der Waals surface area contributed by atoms with Gasteiger partial charge >= 0.3 is 0 Å². The molecule has 110 valence electrons. The largest absolute Gasteiger partial charge is 0.497 e. The molecule has 0 bridgehead atoms. The lowest BCUT2D eigenvalue weighted by Gasteiger charge is -2.36. The van der Waals surface area contributed by atoms with Crippen LogP contribution in [-0.4, -0.2) is 43.3 Å². The van der Waals surface area contributed by atoms with Gasteiger partial charge in [-0.05, 0) is 24.3 Å². The quantitative estimate of drug-likeness (QED) is 0.919. The Balaban J connectivity index is 1.62. The van der Waals surface area contributed by atoms with E-state index in [1.165, 1.54) is 5.69 Å². The maximum absolute atomic E-state index is 5.57. The second-order valence-corrected chi connectivity index (χ2v) is 4.97. The van der Waals surface area contributed by atoms with Gasteiger partial charge in [0.25, 0.3) is 0 Å². The second kappa shape index (κ2) is 5.87. The summed E-state index contributed by atoms with van der Waals surface area (Å²) >= 11 is 0. The predicted octanol–water partition coefficient (Wildman–Crippen LogP) is 1.39. The summed E-state index contributed by atoms with van der Waals surface area (Å²) in [5.41, 5.74) is 6.79. The van der Waals surface area contributed by atoms with Gasteiger partial charge in [0.15, 0.2) is 0 Å². The topological polar surface area (TPSA) is 67.5 Å². The maximum atomic E-state index is 5.57. The summed E-state index contributed by atoms with van der Waals surface area (Å²) in [6.07, 6.45) is 3.34. The van der Waals surface area contributed by atoms with Crippen LogP contribution in [0.5, 0.6) is 5.75 Å². The summed E-state index contributed by atoms with van der Waals surface area (Å²) in [4.78, 5) is 13.0. The zero-order chi connectivity index (χ0) is 14.7. The number of nitrogen functional groups attached to an aromatic ring is 1. The Hall–Kier alpha value is -2.50. The highest BCUT2D eigenvalue weighted by Gasteiger charge is 2.18. The van der Waals surface area contributed by atoms with Gasteiger partial charge in [-0.1, -0.05) is 0 Å². The first-order valence-corrected chi connectivity index (χ1v) is 6.98. The third-order valence-electron chi connectivity index (χ3n) is 3.70. The van der Waals surface area contributed by atoms with E-state index >= 15 is 0 Å². The molecule has 0 saturated carbocycles. The van der Waals surface area contributed by atoms with E-state index in [1.807, 2.05) is 12.1 Å². The molecule has 1 aromatic heterocycles. The number of aromatic nitrogens is 2. The van der Waals surface area contributed by atoms with E-state index in [1.54, 1.807) is 19.5 Å². The van der Waals surface area contributed by atoms with Crippen LogP contribution in [0, 0.1) is 0 Å². The maximum Gasteiger partial charge on any atom is 0.147 e. The van der Waals surface area contributed by atoms with Gasteiger partial charge in [0.05, 0.1) is 19.5 Å². The van der Waals surface area contributed by atoms with Crippen molar-refractivity contribution in [1.29, 1.82) is 0 Å². The molecule has 0 atom stereocenters. The number of anilines is 3. The van der Waals surface area contributed by atoms with Crippen LogP contribution in [0.4, 0.5) is 17.3 Å². The van der Waals surface area contributed by atoms with Crippen molar-refractivity contribution in [1.82, 2.24) is 9.97 Å². The monoisotopic (exact) mass is 285 g/mol. The fourth-order valence-electron chi connectivity index (χ4n) is 2.48. The number of nitrogens with two attached hydrogens (primary N) is 1. The Kier molecular flexibility index (Phi) is 3.77. The Labute approximate surface area is 124 Å². The van der Waals surface area contributed by atoms with Crippen LogP contribution in [-0.2, 0) is 0 Å². The highest BCUT2D eigenvalue weighted by molar-refractivity contribution is 5.51. The Morgan fingerprint density at radius 3 is 2.19 bits per heavy atom. The summed E-state index contributed by atoms with van der Waals surface area (Å²) in [6, 6.07) is 8.18. The van der Waals surface area contributed by atoms with Crippen LogP contribution in [0.25, 0.3) is 0 Å². The van der Waals surface area contributed by atoms with Crippen LogP contribution in [0.2, 0.25) is 0 Å². The van der Waals surface area contributed by atoms with Gasteiger partial charge < -0.3 is 20.3 Å². The van der Waals surface area contributed by atoms with E-state index in [9.17, 15) is 0 Å². The number of nitrogens with zero attached hydrogens (tertiary/aromatic N) is 4. The van der Waals surface area contributed by atoms with Crippen LogP contribution >= 0.6 is 0 Å². The van der Waals surface area contributed by atoms with Crippen LogP contribution < -0.4 is 20.3 Å². The fraction of sp³-hybridized carbons (Fsp3) is 0.333. The molecular formula is C15H19N5O. The molecule has 1 aliphatic heterocycles. The first-order valence-electron chi connectivity index (χ1n) is 6.98. The smallest absolute Gasteiger partial charge is 0.147 e. The standard InChI is InChI=1S/C15H19N5O/c1-21-13-4-2-12(3-5-13)19-6-8-20(9-7-19)15-11-17-14(16)10-18-15/h2-5,10-11H,6-9H2,1H3,(H2,16,17). The van der Waals surface area contributed by atoms with Crippen molar-refractivity contribution >= 4 is 17.3 Å². The lowest BCUT2D eigenvalue weighted by atomic mass is 10.2. The highest BCUT2D eigenvalue weighted by Crippen LogP contribution is 2.21. The van der Waals surface area contributed by atoms with Gasteiger partial charge in [0, 0.05) is 31.9 Å². The summed E-state index contributed by atoms with van der Waals surface area (Å²) < 4.78 is 5.19. The molecule has 21 heavy (non-hydrogen) atoms. The minimum absolute atomic E-state index is 0.454. The van der Waals surface area contributed by atoms with E-state index < -0.39 is 0 Å². The lowest BCUT2D eigenvalue weighted by Crippen LogP contribution is -2.46. The third-order valence-corrected chi connectivity index (χ3v) is 3.70. The zero-order valence-electron chi connectivity index (χ0n) is 12.1. The van der Waals surface area contributed by atoms with E-state index in [-0.39, 0.29) is 0 Å². The molecule has 1 aliphatic rings. The molecule has 6 heteroatoms. The molecule has 0 amide bonds. The Morgan fingerprint density at radius 1 is 0.952 bits per heavy atom. The van der Waals surface area contributed by atoms with Crippen LogP contribution in [0.15, 0.2) is 36.7 Å². The van der Waals surface area contributed by atoms with E-state index in [4.69, 9.17) is 10.5 Å². The molecule has 6 nitrogen and oxygen atoms in total. The summed E-state index contributed by atoms with van der Waals surface area (Å²) in [5, 5.41) is 0. The molecule has 1 aromatic carbocycles. The molecule has 0 unspecified atom stereocenters. The average Bonchev–Trinajstić information content (AvgIpc) is 2.56. The van der Waals surface area contributed by atoms with E-state index in [0.717, 1.165) is 37.7 Å². The first kappa shape index (κ1) is 13.5. The van der Waals surface area contributed by atoms with E-state index in [0.29, 0.717) is 5.82 Å². The normalized spacial score (nSPS) is 15.1. The van der Waals surface area contributed by atoms with Gasteiger partial charge in [-0.15, -0.1) is 0 Å². The zero-order valence-corrected chi connectivity index (χ0v) is 12.1. The number of benzene rings is 1. The number of ether oxygens (including phenoxy) is 1. The molecule has 0 spiro atoms. The minimum Gasteiger partial charge on any atom is -0.497 e. The number of hydrogen-bond donors (Lipinski definition) is 1. The summed E-state index contributed by atoms with van der Waals surface area (Å²) in [6.45, 7) is 3.76. The van der Waals surface area contributed by atoms with Gasteiger partial charge in [0.1, 0.15) is 17.4 Å². The van der Waals surface area contributed by atoms with Crippen molar-refractivity contribution in [2.75, 3.05) is 48.8 Å². The number of methoxy groups -OCH3 is 1. The molecule has 1 fully saturated rings. The van der Waals surface area contributed by atoms with Crippen LogP contribution in [0.1, 0.15) is 0 Å². The lowest BCUT2D eigenvalue weighted by molar-refractivity contribution is 0.415. The van der Waals surface area contributed by atoms with Gasteiger partial charge in [0.2, 0.25) is 0 Å². The molecule has 0 aliphatic carbocycles. The van der Waals surface area contributed by atoms with Crippen LogP contribution in [0.3, 0.4) is 0 Å². The van der Waals surface area contributed by atoms with Crippen molar-refractivity contribution < 1.29 is 4.74 Å². The molecular weight excluding hydrogens is 266 g/mol. The first-order chi connectivity index (χ1) is 10.3. The van der Waals surface area contributed by atoms with Crippen molar-refractivity contribution in [3.05, 3.63) is 36.7 Å². The number of piperazine rings is 1. The van der Waals surface area contributed by atoms with Gasteiger partial charge in [-0.25, -0.2) is 9.97 Å². The highest BCUT2D eigenvalue weighted by atomic mass is 16.5. The van der Waals surface area contributed by atoms with Crippen molar-refractivity contribution in [3.63, 3.8) is 0 Å². The summed E-state index contributed by atoms with van der Waals surface area (Å²) in [5.74, 6) is 2.23. The van der Waals surface area contributed by atoms with Crippen molar-refractivity contribution in [2.45, 2.75) is 0 Å². The van der Waals surface area contributed by atoms with E-state index in [2.05, 4.69) is 31.9 Å². The molecule has 0 radical (unpaired) electrons. The predicted molar refractivity (Wildman–Crippen MR) is 83.9 cm³/mol. The molecule has 2 heterocycles. The Bertz CT molecular complexity index is 576. The third kappa shape index (κ3) is 2.99. The second-order valence-electron chi connectivity index (χ2n) is 4.97.